The maximum absolute atomic E-state index is 14.3. The number of aryl methyl sites for hydroxylation is 3. The van der Waals surface area contributed by atoms with Gasteiger partial charge in [-0.2, -0.15) is 42.1 Å². The van der Waals surface area contributed by atoms with Gasteiger partial charge in [0.05, 0.1) is 77.3 Å². The molecule has 0 amide bonds. The number of thiophene rings is 4. The summed E-state index contributed by atoms with van der Waals surface area (Å²) in [6, 6.07) is 46.3. The van der Waals surface area contributed by atoms with Gasteiger partial charge in [-0.3, -0.25) is 9.59 Å². The fourth-order valence-corrected chi connectivity index (χ4v) is 16.5. The molecule has 13 nitrogen and oxygen atoms in total. The van der Waals surface area contributed by atoms with Crippen LogP contribution in [0.4, 0.5) is 0 Å². The lowest BCUT2D eigenvalue weighted by molar-refractivity contribution is 0.103. The van der Waals surface area contributed by atoms with Crippen molar-refractivity contribution in [1.82, 2.24) is 4.57 Å². The molecular formula is C66H33N9O4S4. The van der Waals surface area contributed by atoms with Crippen molar-refractivity contribution in [3.63, 3.8) is 0 Å². The van der Waals surface area contributed by atoms with Crippen LogP contribution < -0.4 is 9.47 Å². The first-order valence-electron chi connectivity index (χ1n) is 25.1. The van der Waals surface area contributed by atoms with E-state index in [1.165, 1.54) is 46.9 Å². The quantitative estimate of drug-likeness (QED) is 0.102. The fourth-order valence-electron chi connectivity index (χ4n) is 11.5. The van der Waals surface area contributed by atoms with E-state index in [4.69, 9.17) is 9.47 Å². The zero-order valence-electron chi connectivity index (χ0n) is 44.2. The predicted molar refractivity (Wildman–Crippen MR) is 318 cm³/mol. The van der Waals surface area contributed by atoms with E-state index in [2.05, 4.69) is 86.1 Å². The van der Waals surface area contributed by atoms with Crippen LogP contribution in [0.1, 0.15) is 97.2 Å². The highest BCUT2D eigenvalue weighted by molar-refractivity contribution is 7.27. The van der Waals surface area contributed by atoms with Crippen molar-refractivity contribution in [3.05, 3.63) is 207 Å². The number of carbonyl (C=O) groups is 2. The number of aromatic nitrogens is 1. The summed E-state index contributed by atoms with van der Waals surface area (Å²) in [5.41, 5.74) is 7.99. The number of nitrogens with zero attached hydrogens (tertiary/aromatic N) is 9. The van der Waals surface area contributed by atoms with Crippen molar-refractivity contribution in [2.45, 2.75) is 19.3 Å². The zero-order chi connectivity index (χ0) is 58.3. The number of rotatable bonds is 8. The van der Waals surface area contributed by atoms with Crippen LogP contribution in [0.15, 0.2) is 119 Å². The Morgan fingerprint density at radius 2 is 0.928 bits per heavy atom. The maximum atomic E-state index is 14.3. The molecule has 0 fully saturated rings. The van der Waals surface area contributed by atoms with Crippen LogP contribution in [0.25, 0.3) is 63.6 Å². The van der Waals surface area contributed by atoms with Gasteiger partial charge in [-0.15, -0.1) is 45.3 Å². The number of hydrogen-bond donors (Lipinski definition) is 0. The van der Waals surface area contributed by atoms with Crippen molar-refractivity contribution >= 4 is 90.4 Å². The van der Waals surface area contributed by atoms with E-state index in [0.717, 1.165) is 73.7 Å². The minimum absolute atomic E-state index is 0.00559. The van der Waals surface area contributed by atoms with E-state index in [-0.39, 0.29) is 77.9 Å². The Morgan fingerprint density at radius 1 is 0.518 bits per heavy atom. The molecule has 5 aromatic heterocycles. The molecule has 9 aromatic rings. The minimum atomic E-state index is -0.874. The summed E-state index contributed by atoms with van der Waals surface area (Å²) in [4.78, 5) is 34.1. The Labute approximate surface area is 490 Å². The number of ketones is 2. The predicted octanol–water partition coefficient (Wildman–Crippen LogP) is 14.4. The number of fused-ring (bicyclic) bond motifs is 7. The number of hydrogen-bond acceptors (Lipinski definition) is 16. The second-order valence-electron chi connectivity index (χ2n) is 19.6. The molecule has 3 aliphatic carbocycles. The molecule has 0 bridgehead atoms. The number of allylic oxidation sites excluding steroid dienone is 6. The molecule has 0 N–H and O–H groups in total. The molecule has 0 radical (unpaired) electrons. The molecule has 0 saturated heterocycles. The zero-order valence-corrected chi connectivity index (χ0v) is 47.4. The van der Waals surface area contributed by atoms with Crippen molar-refractivity contribution in [3.8, 4) is 90.1 Å². The van der Waals surface area contributed by atoms with Gasteiger partial charge in [0, 0.05) is 60.7 Å². The van der Waals surface area contributed by atoms with Crippen LogP contribution >= 0.6 is 45.3 Å². The number of methoxy groups -OCH3 is 2. The SMILES string of the molecule is COc1cc(/C=C2\C(=O)c3cc(C#N)c(C#N)cc3C2=C(C#N)C#N)sc1-c1cc2c(s1)-c1c(c3sc(-c4sc(/C=C5\C(=O)c6cc(C#N)c(C#N)cc6C5=C(C#N)C#N)cc4OC)cc3n1C)C2(c1ccc(C)cc1)c1ccc(C)cc1. The molecule has 0 atom stereocenters. The third kappa shape index (κ3) is 7.75. The smallest absolute Gasteiger partial charge is 0.194 e. The topological polar surface area (TPSA) is 248 Å². The summed E-state index contributed by atoms with van der Waals surface area (Å²) in [6.07, 6.45) is 3.26. The second-order valence-corrected chi connectivity index (χ2v) is 23.9. The summed E-state index contributed by atoms with van der Waals surface area (Å²) < 4.78 is 15.4. The van der Waals surface area contributed by atoms with E-state index in [1.54, 1.807) is 49.0 Å². The first-order chi connectivity index (χ1) is 40.2. The summed E-state index contributed by atoms with van der Waals surface area (Å²) in [5, 5.41) is 79.8. The molecule has 5 heterocycles. The standard InChI is InChI=1S/C66H33N9O4S4/c1-32-6-10-40(11-7-32)66(41-12-8-33(2)9-13-41)50-22-54(64-52(78-4)20-42(80-64)18-48-56(38(28-71)29-72)44-14-34(24-67)36(26-69)16-46(44)60(48)76)82-62(50)59-58(66)63-51(75(59)3)23-55(83-63)65-53(79-5)21-43(81-65)19-49-57(39(30-73)31-74)45-15-35(25-68)37(27-70)17-47(45)61(49)77/h6-23H,1-5H3/b48-18-,49-19-. The normalized spacial score (nSPS) is 14.1. The molecule has 0 unspecified atom stereocenters. The summed E-state index contributed by atoms with van der Waals surface area (Å²) in [6.45, 7) is 4.12. The van der Waals surface area contributed by atoms with Crippen molar-refractivity contribution in [2.24, 2.45) is 7.05 Å². The number of nitriles is 8. The Bertz CT molecular complexity index is 4910. The molecular weight excluding hydrogens is 1110 g/mol. The molecule has 12 rings (SSSR count). The number of ether oxygens (including phenoxy) is 2. The highest BCUT2D eigenvalue weighted by Crippen LogP contribution is 2.64. The summed E-state index contributed by atoms with van der Waals surface area (Å²) >= 11 is 6.00. The molecule has 390 valence electrons. The van der Waals surface area contributed by atoms with Crippen molar-refractivity contribution < 1.29 is 19.1 Å². The Hall–Kier alpha value is -11.0. The summed E-state index contributed by atoms with van der Waals surface area (Å²) in [7, 11) is 5.21. The van der Waals surface area contributed by atoms with Crippen LogP contribution in [0, 0.1) is 104 Å². The Kier molecular flexibility index (Phi) is 12.7. The molecule has 83 heavy (non-hydrogen) atoms. The number of benzene rings is 4. The van der Waals surface area contributed by atoms with E-state index >= 15 is 0 Å². The van der Waals surface area contributed by atoms with E-state index in [0.29, 0.717) is 21.3 Å². The summed E-state index contributed by atoms with van der Waals surface area (Å²) in [5.74, 6) is 0.0974. The average molecular weight is 1140 g/mol. The van der Waals surface area contributed by atoms with Crippen LogP contribution in [0.3, 0.4) is 0 Å². The van der Waals surface area contributed by atoms with E-state index in [1.807, 2.05) is 60.7 Å². The molecule has 17 heteroatoms. The highest BCUT2D eigenvalue weighted by atomic mass is 32.1. The molecule has 4 aromatic carbocycles. The molecule has 0 aliphatic heterocycles. The largest absolute Gasteiger partial charge is 0.495 e. The number of carbonyl (C=O) groups excluding carboxylic acids is 2. The van der Waals surface area contributed by atoms with Gasteiger partial charge >= 0.3 is 0 Å². The van der Waals surface area contributed by atoms with Gasteiger partial charge in [0.2, 0.25) is 0 Å². The van der Waals surface area contributed by atoms with Gasteiger partial charge in [0.25, 0.3) is 0 Å². The number of Topliss-reactive ketones (excluding diaryl/α,β-unsaturated/α-hetero) is 2. The Morgan fingerprint density at radius 3 is 1.33 bits per heavy atom. The molecule has 0 spiro atoms. The van der Waals surface area contributed by atoms with Gasteiger partial charge < -0.3 is 14.0 Å². The Balaban J connectivity index is 1.03. The van der Waals surface area contributed by atoms with Gasteiger partial charge in [0.1, 0.15) is 71.2 Å². The van der Waals surface area contributed by atoms with Crippen LogP contribution in [-0.2, 0) is 12.5 Å². The minimum Gasteiger partial charge on any atom is -0.495 e. The first-order valence-corrected chi connectivity index (χ1v) is 28.4. The van der Waals surface area contributed by atoms with Crippen molar-refractivity contribution in [1.29, 1.82) is 42.1 Å². The third-order valence-corrected chi connectivity index (χ3v) is 20.0. The second kappa shape index (κ2) is 20.0. The van der Waals surface area contributed by atoms with Gasteiger partial charge in [-0.1, -0.05) is 59.7 Å². The van der Waals surface area contributed by atoms with E-state index < -0.39 is 17.0 Å². The average Bonchev–Trinajstić information content (AvgIpc) is 1.88. The van der Waals surface area contributed by atoms with Crippen LogP contribution in [0.5, 0.6) is 11.5 Å². The maximum Gasteiger partial charge on any atom is 0.194 e. The van der Waals surface area contributed by atoms with Gasteiger partial charge in [0.15, 0.2) is 11.6 Å². The fraction of sp³-hybridized carbons (Fsp3) is 0.0909. The lowest BCUT2D eigenvalue weighted by atomic mass is 9.68. The molecule has 3 aliphatic rings. The third-order valence-electron chi connectivity index (χ3n) is 15.3. The monoisotopic (exact) mass is 1140 g/mol. The first kappa shape index (κ1) is 52.7. The lowest BCUT2D eigenvalue weighted by Gasteiger charge is -2.33. The van der Waals surface area contributed by atoms with E-state index in [9.17, 15) is 51.7 Å². The highest BCUT2D eigenvalue weighted by Gasteiger charge is 2.51. The van der Waals surface area contributed by atoms with Gasteiger partial charge in [-0.25, -0.2) is 0 Å². The molecule has 0 saturated carbocycles. The van der Waals surface area contributed by atoms with Crippen molar-refractivity contribution in [2.75, 3.05) is 14.2 Å². The van der Waals surface area contributed by atoms with Gasteiger partial charge in [-0.05, 0) is 102 Å². The lowest BCUT2D eigenvalue weighted by Crippen LogP contribution is -2.28. The van der Waals surface area contributed by atoms with Crippen LogP contribution in [-0.4, -0.2) is 30.4 Å². The van der Waals surface area contributed by atoms with Crippen LogP contribution in [0.2, 0.25) is 0 Å².